The van der Waals surface area contributed by atoms with Gasteiger partial charge in [-0.25, -0.2) is 0 Å². The van der Waals surface area contributed by atoms with E-state index in [2.05, 4.69) is 11.4 Å². The highest BCUT2D eigenvalue weighted by Gasteiger charge is 2.30. The van der Waals surface area contributed by atoms with Crippen molar-refractivity contribution in [1.82, 2.24) is 4.90 Å². The van der Waals surface area contributed by atoms with E-state index in [1.807, 2.05) is 17.9 Å². The normalized spacial score (nSPS) is 18.1. The van der Waals surface area contributed by atoms with Crippen molar-refractivity contribution in [3.8, 4) is 11.5 Å². The quantitative estimate of drug-likeness (QED) is 0.865. The minimum atomic E-state index is -0.134. The van der Waals surface area contributed by atoms with Crippen LogP contribution in [-0.4, -0.2) is 36.5 Å². The van der Waals surface area contributed by atoms with Crippen LogP contribution in [0.5, 0.6) is 11.5 Å². The molecule has 2 aliphatic heterocycles. The molecule has 1 N–H and O–H groups in total. The lowest BCUT2D eigenvalue weighted by atomic mass is 9.92. The van der Waals surface area contributed by atoms with Gasteiger partial charge in [0.1, 0.15) is 0 Å². The summed E-state index contributed by atoms with van der Waals surface area (Å²) >= 11 is 0. The van der Waals surface area contributed by atoms with Crippen molar-refractivity contribution in [1.29, 1.82) is 0 Å². The van der Waals surface area contributed by atoms with Gasteiger partial charge in [-0.2, -0.15) is 0 Å². The van der Waals surface area contributed by atoms with E-state index in [4.69, 9.17) is 9.47 Å². The number of ether oxygens (including phenoxy) is 2. The van der Waals surface area contributed by atoms with Crippen LogP contribution in [0, 0.1) is 0 Å². The van der Waals surface area contributed by atoms with Gasteiger partial charge in [0.2, 0.25) is 5.91 Å². The molecule has 146 valence electrons. The Morgan fingerprint density at radius 3 is 2.43 bits per heavy atom. The summed E-state index contributed by atoms with van der Waals surface area (Å²) in [7, 11) is 0. The standard InChI is InChI=1S/C22H24N2O4/c1-14-19-13-21-20(27-10-3-11-28-21)12-17(19)8-9-24(14)22(26)16-4-6-18(7-5-16)23-15(2)25/h4-7,12-14H,3,8-11H2,1-2H3,(H,23,25). The third-order valence-electron chi connectivity index (χ3n) is 5.26. The van der Waals surface area contributed by atoms with Crippen LogP contribution in [0.25, 0.3) is 0 Å². The molecule has 1 unspecified atom stereocenters. The van der Waals surface area contributed by atoms with Crippen molar-refractivity contribution in [2.45, 2.75) is 32.7 Å². The maximum absolute atomic E-state index is 13.1. The minimum absolute atomic E-state index is 0.0142. The number of anilines is 1. The lowest BCUT2D eigenvalue weighted by Gasteiger charge is -2.36. The lowest BCUT2D eigenvalue weighted by molar-refractivity contribution is -0.114. The van der Waals surface area contributed by atoms with E-state index in [0.717, 1.165) is 29.9 Å². The summed E-state index contributed by atoms with van der Waals surface area (Å²) in [6.45, 7) is 5.47. The minimum Gasteiger partial charge on any atom is -0.490 e. The maximum atomic E-state index is 13.1. The Balaban J connectivity index is 1.56. The molecule has 2 heterocycles. The molecule has 2 aromatic rings. The number of nitrogens with zero attached hydrogens (tertiary/aromatic N) is 1. The Morgan fingerprint density at radius 2 is 1.75 bits per heavy atom. The largest absolute Gasteiger partial charge is 0.490 e. The van der Waals surface area contributed by atoms with Gasteiger partial charge in [-0.15, -0.1) is 0 Å². The van der Waals surface area contributed by atoms with Crippen molar-refractivity contribution < 1.29 is 19.1 Å². The van der Waals surface area contributed by atoms with E-state index in [1.54, 1.807) is 24.3 Å². The van der Waals surface area contributed by atoms with Crippen molar-refractivity contribution in [3.05, 3.63) is 53.1 Å². The predicted octanol–water partition coefficient (Wildman–Crippen LogP) is 3.57. The molecule has 0 bridgehead atoms. The zero-order chi connectivity index (χ0) is 19.7. The molecular formula is C22H24N2O4. The van der Waals surface area contributed by atoms with Gasteiger partial charge in [0.25, 0.3) is 5.91 Å². The Kier molecular flexibility index (Phi) is 4.94. The summed E-state index contributed by atoms with van der Waals surface area (Å²) < 4.78 is 11.6. The van der Waals surface area contributed by atoms with E-state index in [9.17, 15) is 9.59 Å². The van der Waals surface area contributed by atoms with Gasteiger partial charge in [0.05, 0.1) is 19.3 Å². The first-order chi connectivity index (χ1) is 13.5. The molecule has 28 heavy (non-hydrogen) atoms. The smallest absolute Gasteiger partial charge is 0.254 e. The van der Waals surface area contributed by atoms with E-state index in [0.29, 0.717) is 31.0 Å². The summed E-state index contributed by atoms with van der Waals surface area (Å²) in [5.41, 5.74) is 3.61. The van der Waals surface area contributed by atoms with Crippen LogP contribution in [0.1, 0.15) is 47.8 Å². The number of carbonyl (C=O) groups is 2. The van der Waals surface area contributed by atoms with Crippen LogP contribution in [-0.2, 0) is 11.2 Å². The number of amides is 2. The molecule has 2 aromatic carbocycles. The summed E-state index contributed by atoms with van der Waals surface area (Å²) in [6, 6.07) is 11.1. The topological polar surface area (TPSA) is 67.9 Å². The first kappa shape index (κ1) is 18.3. The van der Waals surface area contributed by atoms with Crippen LogP contribution < -0.4 is 14.8 Å². The van der Waals surface area contributed by atoms with Gasteiger partial charge in [-0.3, -0.25) is 9.59 Å². The number of fused-ring (bicyclic) bond motifs is 2. The monoisotopic (exact) mass is 380 g/mol. The Bertz CT molecular complexity index is 907. The van der Waals surface area contributed by atoms with E-state index in [1.165, 1.54) is 12.5 Å². The first-order valence-electron chi connectivity index (χ1n) is 9.64. The second-order valence-electron chi connectivity index (χ2n) is 7.23. The van der Waals surface area contributed by atoms with Crippen LogP contribution >= 0.6 is 0 Å². The number of rotatable bonds is 2. The highest BCUT2D eigenvalue weighted by molar-refractivity contribution is 5.96. The van der Waals surface area contributed by atoms with E-state index >= 15 is 0 Å². The average molecular weight is 380 g/mol. The van der Waals surface area contributed by atoms with Gasteiger partial charge >= 0.3 is 0 Å². The molecule has 2 amide bonds. The Morgan fingerprint density at radius 1 is 1.07 bits per heavy atom. The van der Waals surface area contributed by atoms with E-state index in [-0.39, 0.29) is 17.9 Å². The number of carbonyl (C=O) groups excluding carboxylic acids is 2. The summed E-state index contributed by atoms with van der Waals surface area (Å²) in [4.78, 5) is 26.1. The molecular weight excluding hydrogens is 356 g/mol. The lowest BCUT2D eigenvalue weighted by Crippen LogP contribution is -2.38. The van der Waals surface area contributed by atoms with Gasteiger partial charge in [0.15, 0.2) is 11.5 Å². The maximum Gasteiger partial charge on any atom is 0.254 e. The van der Waals surface area contributed by atoms with Crippen molar-refractivity contribution in [2.75, 3.05) is 25.1 Å². The zero-order valence-electron chi connectivity index (χ0n) is 16.2. The molecule has 0 fully saturated rings. The number of hydrogen-bond acceptors (Lipinski definition) is 4. The highest BCUT2D eigenvalue weighted by atomic mass is 16.5. The fourth-order valence-corrected chi connectivity index (χ4v) is 3.82. The molecule has 6 heteroatoms. The van der Waals surface area contributed by atoms with Crippen LogP contribution in [0.4, 0.5) is 5.69 Å². The zero-order valence-corrected chi connectivity index (χ0v) is 16.2. The molecule has 0 spiro atoms. The number of nitrogens with one attached hydrogen (secondary N) is 1. The third kappa shape index (κ3) is 3.54. The van der Waals surface area contributed by atoms with Crippen LogP contribution in [0.2, 0.25) is 0 Å². The predicted molar refractivity (Wildman–Crippen MR) is 106 cm³/mol. The SMILES string of the molecule is CC(=O)Nc1ccc(C(=O)N2CCc3cc4c(cc3C2C)OCCCO4)cc1. The van der Waals surface area contributed by atoms with Gasteiger partial charge in [-0.05, 0) is 60.9 Å². The molecule has 6 nitrogen and oxygen atoms in total. The third-order valence-corrected chi connectivity index (χ3v) is 5.26. The van der Waals surface area contributed by atoms with Gasteiger partial charge < -0.3 is 19.7 Å². The molecule has 0 radical (unpaired) electrons. The number of benzene rings is 2. The molecule has 4 rings (SSSR count). The fraction of sp³-hybridized carbons (Fsp3) is 0.364. The summed E-state index contributed by atoms with van der Waals surface area (Å²) in [6.07, 6.45) is 1.65. The summed E-state index contributed by atoms with van der Waals surface area (Å²) in [5, 5.41) is 2.72. The second kappa shape index (κ2) is 7.54. The van der Waals surface area contributed by atoms with Crippen molar-refractivity contribution in [3.63, 3.8) is 0 Å². The Hall–Kier alpha value is -3.02. The highest BCUT2D eigenvalue weighted by Crippen LogP contribution is 2.39. The molecule has 0 saturated carbocycles. The average Bonchev–Trinajstić information content (AvgIpc) is 2.91. The molecule has 2 aliphatic rings. The van der Waals surface area contributed by atoms with Crippen molar-refractivity contribution in [2.24, 2.45) is 0 Å². The van der Waals surface area contributed by atoms with Gasteiger partial charge in [-0.1, -0.05) is 0 Å². The molecule has 1 atom stereocenters. The second-order valence-corrected chi connectivity index (χ2v) is 7.23. The number of hydrogen-bond donors (Lipinski definition) is 1. The fourth-order valence-electron chi connectivity index (χ4n) is 3.82. The van der Waals surface area contributed by atoms with Gasteiger partial charge in [0, 0.05) is 31.1 Å². The molecule has 0 aromatic heterocycles. The molecule has 0 aliphatic carbocycles. The summed E-state index contributed by atoms with van der Waals surface area (Å²) in [5.74, 6) is 1.42. The van der Waals surface area contributed by atoms with Crippen LogP contribution in [0.15, 0.2) is 36.4 Å². The first-order valence-corrected chi connectivity index (χ1v) is 9.64. The van der Waals surface area contributed by atoms with Crippen molar-refractivity contribution >= 4 is 17.5 Å². The molecule has 0 saturated heterocycles. The van der Waals surface area contributed by atoms with Crippen LogP contribution in [0.3, 0.4) is 0 Å². The van der Waals surface area contributed by atoms with E-state index < -0.39 is 0 Å². The Labute approximate surface area is 164 Å².